The average molecular weight is 660 g/mol. The van der Waals surface area contributed by atoms with Gasteiger partial charge in [-0.1, -0.05) is 94.0 Å². The van der Waals surface area contributed by atoms with Gasteiger partial charge < -0.3 is 32.7 Å². The number of nitrogens with zero attached hydrogens (tertiary/aromatic N) is 1. The number of benzene rings is 2. The maximum atomic E-state index is 13.8. The second-order valence-electron chi connectivity index (χ2n) is 12.4. The molecule has 48 heavy (non-hydrogen) atoms. The van der Waals surface area contributed by atoms with Crippen LogP contribution in [-0.2, 0) is 32.0 Å². The summed E-state index contributed by atoms with van der Waals surface area (Å²) >= 11 is 0. The lowest BCUT2D eigenvalue weighted by molar-refractivity contribution is -0.132. The number of nitrogens with one attached hydrogen (secondary N) is 4. The Morgan fingerprint density at radius 1 is 0.917 bits per heavy atom. The van der Waals surface area contributed by atoms with Crippen LogP contribution in [0.3, 0.4) is 0 Å². The van der Waals surface area contributed by atoms with E-state index < -0.39 is 24.0 Å². The zero-order valence-electron chi connectivity index (χ0n) is 28.2. The van der Waals surface area contributed by atoms with Gasteiger partial charge in [-0.05, 0) is 55.4 Å². The zero-order valence-corrected chi connectivity index (χ0v) is 28.2. The first kappa shape index (κ1) is 37.8. The van der Waals surface area contributed by atoms with Crippen molar-refractivity contribution in [3.05, 3.63) is 77.9 Å². The lowest BCUT2D eigenvalue weighted by Gasteiger charge is -2.25. The summed E-state index contributed by atoms with van der Waals surface area (Å²) in [6, 6.07) is 14.6. The van der Waals surface area contributed by atoms with Crippen molar-refractivity contribution in [2.24, 2.45) is 16.5 Å². The highest BCUT2D eigenvalue weighted by molar-refractivity contribution is 5.92. The van der Waals surface area contributed by atoms with Gasteiger partial charge in [0.1, 0.15) is 12.1 Å². The SMILES string of the molecule is CCCCCCCCCC(=O)N[C@@H](Cc1ccccc1)C(=O)N[C@H]1CCCCNC(=O)/C=C/[C@H](Cc2ccc(N=C(N)N)cc2)NC1=O. The molecule has 0 radical (unpaired) electrons. The molecule has 1 heterocycles. The van der Waals surface area contributed by atoms with E-state index in [0.29, 0.717) is 50.8 Å². The molecule has 1 aliphatic rings. The molecule has 4 amide bonds. The van der Waals surface area contributed by atoms with Crippen molar-refractivity contribution < 1.29 is 19.2 Å². The fourth-order valence-corrected chi connectivity index (χ4v) is 5.62. The van der Waals surface area contributed by atoms with Crippen LogP contribution in [0.15, 0.2) is 71.7 Å². The Labute approximate surface area is 284 Å². The second kappa shape index (κ2) is 21.3. The lowest BCUT2D eigenvalue weighted by atomic mass is 10.0. The quantitative estimate of drug-likeness (QED) is 0.0905. The predicted molar refractivity (Wildman–Crippen MR) is 190 cm³/mol. The summed E-state index contributed by atoms with van der Waals surface area (Å²) in [6.07, 6.45) is 13.4. The molecule has 0 unspecified atom stereocenters. The molecule has 8 N–H and O–H groups in total. The smallest absolute Gasteiger partial charge is 0.243 e. The van der Waals surface area contributed by atoms with Crippen LogP contribution in [0.4, 0.5) is 5.69 Å². The van der Waals surface area contributed by atoms with Crippen LogP contribution in [0.1, 0.15) is 88.7 Å². The van der Waals surface area contributed by atoms with Crippen molar-refractivity contribution in [2.45, 2.75) is 109 Å². The van der Waals surface area contributed by atoms with Crippen LogP contribution < -0.4 is 32.7 Å². The summed E-state index contributed by atoms with van der Waals surface area (Å²) in [4.78, 5) is 56.8. The van der Waals surface area contributed by atoms with Gasteiger partial charge in [0, 0.05) is 25.5 Å². The van der Waals surface area contributed by atoms with Crippen molar-refractivity contribution in [1.29, 1.82) is 0 Å². The normalized spacial score (nSPS) is 18.2. The molecule has 0 bridgehead atoms. The maximum Gasteiger partial charge on any atom is 0.243 e. The number of unbranched alkanes of at least 4 members (excludes halogenated alkanes) is 6. The Morgan fingerprint density at radius 3 is 2.33 bits per heavy atom. The van der Waals surface area contributed by atoms with Crippen LogP contribution in [-0.4, -0.2) is 54.3 Å². The molecule has 2 aromatic rings. The number of guanidine groups is 1. The van der Waals surface area contributed by atoms with Crippen molar-refractivity contribution in [2.75, 3.05) is 6.54 Å². The summed E-state index contributed by atoms with van der Waals surface area (Å²) in [7, 11) is 0. The topological polar surface area (TPSA) is 181 Å². The van der Waals surface area contributed by atoms with E-state index in [1.165, 1.54) is 31.8 Å². The summed E-state index contributed by atoms with van der Waals surface area (Å²) in [5, 5.41) is 11.8. The first-order chi connectivity index (χ1) is 23.2. The van der Waals surface area contributed by atoms with Gasteiger partial charge in [0.15, 0.2) is 5.96 Å². The number of carbonyl (C=O) groups excluding carboxylic acids is 4. The van der Waals surface area contributed by atoms with Gasteiger partial charge in [-0.15, -0.1) is 0 Å². The van der Waals surface area contributed by atoms with E-state index in [1.54, 1.807) is 18.2 Å². The van der Waals surface area contributed by atoms with Crippen molar-refractivity contribution in [1.82, 2.24) is 21.3 Å². The van der Waals surface area contributed by atoms with Gasteiger partial charge in [-0.2, -0.15) is 0 Å². The number of hydrogen-bond acceptors (Lipinski definition) is 5. The first-order valence-electron chi connectivity index (χ1n) is 17.3. The molecule has 11 nitrogen and oxygen atoms in total. The van der Waals surface area contributed by atoms with E-state index in [1.807, 2.05) is 42.5 Å². The van der Waals surface area contributed by atoms with Gasteiger partial charge in [0.2, 0.25) is 23.6 Å². The number of hydrogen-bond donors (Lipinski definition) is 6. The third kappa shape index (κ3) is 14.8. The minimum absolute atomic E-state index is 0.0462. The molecular weight excluding hydrogens is 606 g/mol. The van der Waals surface area contributed by atoms with Crippen LogP contribution in [0.25, 0.3) is 0 Å². The minimum atomic E-state index is -0.836. The average Bonchev–Trinajstić information content (AvgIpc) is 3.06. The first-order valence-corrected chi connectivity index (χ1v) is 17.3. The van der Waals surface area contributed by atoms with Gasteiger partial charge in [-0.25, -0.2) is 4.99 Å². The summed E-state index contributed by atoms with van der Waals surface area (Å²) < 4.78 is 0. The summed E-state index contributed by atoms with van der Waals surface area (Å²) in [5.74, 6) is -1.22. The molecule has 0 aliphatic carbocycles. The summed E-state index contributed by atoms with van der Waals surface area (Å²) in [5.41, 5.74) is 13.3. The standard InChI is InChI=1S/C37H53N7O4/c1-2-3-4-5-6-7-11-17-34(46)43-32(26-27-14-9-8-10-15-27)36(48)44-31-16-12-13-24-40-33(45)23-22-30(41-35(31)47)25-28-18-20-29(21-19-28)42-37(38)39/h8-10,14-15,18-23,30-32H,2-7,11-13,16-17,24-26H2,1H3,(H,40,45)(H,41,47)(H,43,46)(H,44,48)(H4,38,39,42)/b23-22+/t30-,31+,32+/m1/s1. The highest BCUT2D eigenvalue weighted by Crippen LogP contribution is 2.15. The minimum Gasteiger partial charge on any atom is -0.370 e. The zero-order chi connectivity index (χ0) is 34.6. The Balaban J connectivity index is 1.70. The molecular formula is C37H53N7O4. The highest BCUT2D eigenvalue weighted by atomic mass is 16.2. The van der Waals surface area contributed by atoms with Gasteiger partial charge in [-0.3, -0.25) is 19.2 Å². The number of nitrogens with two attached hydrogens (primary N) is 2. The fraction of sp³-hybridized carbons (Fsp3) is 0.486. The molecule has 0 fully saturated rings. The van der Waals surface area contributed by atoms with Gasteiger partial charge in [0.05, 0.1) is 11.7 Å². The Bertz CT molecular complexity index is 1360. The van der Waals surface area contributed by atoms with E-state index >= 15 is 0 Å². The van der Waals surface area contributed by atoms with Crippen LogP contribution in [0.2, 0.25) is 0 Å². The Morgan fingerprint density at radius 2 is 1.62 bits per heavy atom. The lowest BCUT2D eigenvalue weighted by Crippen LogP contribution is -2.55. The highest BCUT2D eigenvalue weighted by Gasteiger charge is 2.28. The van der Waals surface area contributed by atoms with E-state index in [-0.39, 0.29) is 23.7 Å². The molecule has 0 aromatic heterocycles. The third-order valence-corrected chi connectivity index (χ3v) is 8.25. The Hall–Kier alpha value is -4.67. The van der Waals surface area contributed by atoms with Crippen molar-refractivity contribution >= 4 is 35.3 Å². The molecule has 3 atom stereocenters. The molecule has 11 heteroatoms. The number of carbonyl (C=O) groups is 4. The molecule has 0 spiro atoms. The Kier molecular flexibility index (Phi) is 16.7. The van der Waals surface area contributed by atoms with Crippen molar-refractivity contribution in [3.63, 3.8) is 0 Å². The van der Waals surface area contributed by atoms with E-state index in [2.05, 4.69) is 33.2 Å². The van der Waals surface area contributed by atoms with Gasteiger partial charge >= 0.3 is 0 Å². The molecule has 2 aromatic carbocycles. The van der Waals surface area contributed by atoms with Gasteiger partial charge in [0.25, 0.3) is 0 Å². The number of amides is 4. The number of aliphatic imine (C=N–C) groups is 1. The predicted octanol–water partition coefficient (Wildman–Crippen LogP) is 3.83. The molecule has 0 saturated carbocycles. The van der Waals surface area contributed by atoms with Crippen LogP contribution in [0, 0.1) is 0 Å². The number of rotatable bonds is 16. The second-order valence-corrected chi connectivity index (χ2v) is 12.4. The van der Waals surface area contributed by atoms with E-state index in [4.69, 9.17) is 11.5 Å². The fourth-order valence-electron chi connectivity index (χ4n) is 5.62. The third-order valence-electron chi connectivity index (χ3n) is 8.25. The monoisotopic (exact) mass is 659 g/mol. The molecule has 0 saturated heterocycles. The van der Waals surface area contributed by atoms with E-state index in [0.717, 1.165) is 30.4 Å². The molecule has 260 valence electrons. The largest absolute Gasteiger partial charge is 0.370 e. The van der Waals surface area contributed by atoms with Crippen LogP contribution in [0.5, 0.6) is 0 Å². The van der Waals surface area contributed by atoms with E-state index in [9.17, 15) is 19.2 Å². The summed E-state index contributed by atoms with van der Waals surface area (Å²) in [6.45, 7) is 2.64. The van der Waals surface area contributed by atoms with Crippen molar-refractivity contribution in [3.8, 4) is 0 Å². The van der Waals surface area contributed by atoms with Crippen LogP contribution >= 0.6 is 0 Å². The molecule has 1 aliphatic heterocycles. The maximum absolute atomic E-state index is 13.8. The molecule has 3 rings (SSSR count).